The average Bonchev–Trinajstić information content (AvgIpc) is 2.48. The van der Waals surface area contributed by atoms with Gasteiger partial charge in [-0.1, -0.05) is 17.7 Å². The number of amides is 2. The minimum absolute atomic E-state index is 0.356. The first-order valence-corrected chi connectivity index (χ1v) is 8.15. The van der Waals surface area contributed by atoms with E-state index in [-0.39, 0.29) is 5.91 Å². The maximum absolute atomic E-state index is 12.2. The van der Waals surface area contributed by atoms with Gasteiger partial charge in [0, 0.05) is 5.56 Å². The van der Waals surface area contributed by atoms with Crippen LogP contribution in [0.1, 0.15) is 22.3 Å². The van der Waals surface area contributed by atoms with Crippen molar-refractivity contribution in [3.05, 3.63) is 35.4 Å². The second-order valence-corrected chi connectivity index (χ2v) is 5.74. The first-order chi connectivity index (χ1) is 10.4. The standard InChI is InChI=1S/C15H20N2O4S/c1-10-4-3-5-11(8-10)14(19)17-12(6-7-22-2)15(20)21-9-13(16)18/h3-5,8,12H,6-7,9H2,1-2H3,(H2,16,18)(H,17,19)/t12-/m0/s1. The molecule has 0 heterocycles. The van der Waals surface area contributed by atoms with Crippen LogP contribution in [-0.4, -0.2) is 42.4 Å². The Morgan fingerprint density at radius 3 is 2.68 bits per heavy atom. The first kappa shape index (κ1) is 18.0. The third-order valence-corrected chi connectivity index (χ3v) is 3.48. The monoisotopic (exact) mass is 324 g/mol. The Morgan fingerprint density at radius 1 is 1.36 bits per heavy atom. The number of carbonyl (C=O) groups is 3. The Labute approximate surface area is 133 Å². The number of aryl methyl sites for hydroxylation is 1. The van der Waals surface area contributed by atoms with Crippen molar-refractivity contribution < 1.29 is 19.1 Å². The van der Waals surface area contributed by atoms with Gasteiger partial charge in [-0.2, -0.15) is 11.8 Å². The molecule has 0 fully saturated rings. The molecule has 0 aliphatic carbocycles. The first-order valence-electron chi connectivity index (χ1n) is 6.75. The number of hydrogen-bond donors (Lipinski definition) is 2. The van der Waals surface area contributed by atoms with Crippen molar-refractivity contribution in [2.45, 2.75) is 19.4 Å². The normalized spacial score (nSPS) is 11.5. The lowest BCUT2D eigenvalue weighted by atomic mass is 10.1. The van der Waals surface area contributed by atoms with Gasteiger partial charge >= 0.3 is 5.97 Å². The van der Waals surface area contributed by atoms with Gasteiger partial charge in [-0.3, -0.25) is 9.59 Å². The van der Waals surface area contributed by atoms with E-state index in [2.05, 4.69) is 5.32 Å². The molecule has 0 saturated heterocycles. The van der Waals surface area contributed by atoms with Crippen LogP contribution in [0.3, 0.4) is 0 Å². The number of carbonyl (C=O) groups excluding carboxylic acids is 3. The van der Waals surface area contributed by atoms with E-state index in [4.69, 9.17) is 10.5 Å². The van der Waals surface area contributed by atoms with Gasteiger partial charge in [-0.25, -0.2) is 4.79 Å². The summed E-state index contributed by atoms with van der Waals surface area (Å²) in [6, 6.07) is 6.24. The second kappa shape index (κ2) is 9.09. The number of nitrogens with one attached hydrogen (secondary N) is 1. The van der Waals surface area contributed by atoms with E-state index in [1.165, 1.54) is 0 Å². The van der Waals surface area contributed by atoms with Gasteiger partial charge < -0.3 is 15.8 Å². The summed E-state index contributed by atoms with van der Waals surface area (Å²) in [5, 5.41) is 2.64. The topological polar surface area (TPSA) is 98.5 Å². The Morgan fingerprint density at radius 2 is 2.09 bits per heavy atom. The fourth-order valence-electron chi connectivity index (χ4n) is 1.76. The smallest absolute Gasteiger partial charge is 0.329 e. The molecule has 0 aliphatic rings. The van der Waals surface area contributed by atoms with Crippen molar-refractivity contribution in [1.82, 2.24) is 5.32 Å². The van der Waals surface area contributed by atoms with Crippen molar-refractivity contribution in [2.75, 3.05) is 18.6 Å². The van der Waals surface area contributed by atoms with E-state index in [0.717, 1.165) is 5.56 Å². The number of rotatable bonds is 8. The Balaban J connectivity index is 2.72. The van der Waals surface area contributed by atoms with E-state index in [1.807, 2.05) is 19.2 Å². The molecule has 0 aromatic heterocycles. The van der Waals surface area contributed by atoms with Gasteiger partial charge in [0.1, 0.15) is 6.04 Å². The fraction of sp³-hybridized carbons (Fsp3) is 0.400. The maximum atomic E-state index is 12.2. The third kappa shape index (κ3) is 6.17. The molecule has 1 aromatic rings. The molecule has 120 valence electrons. The average molecular weight is 324 g/mol. The van der Waals surface area contributed by atoms with E-state index in [9.17, 15) is 14.4 Å². The van der Waals surface area contributed by atoms with Crippen molar-refractivity contribution in [2.24, 2.45) is 5.73 Å². The van der Waals surface area contributed by atoms with Gasteiger partial charge in [0.25, 0.3) is 11.8 Å². The van der Waals surface area contributed by atoms with Gasteiger partial charge in [0.05, 0.1) is 0 Å². The molecular formula is C15H20N2O4S. The molecule has 1 rings (SSSR count). The quantitative estimate of drug-likeness (QED) is 0.692. The molecule has 0 saturated carbocycles. The van der Waals surface area contributed by atoms with Crippen LogP contribution in [0.25, 0.3) is 0 Å². The van der Waals surface area contributed by atoms with Crippen molar-refractivity contribution >= 4 is 29.5 Å². The molecule has 2 amide bonds. The largest absolute Gasteiger partial charge is 0.454 e. The summed E-state index contributed by atoms with van der Waals surface area (Å²) in [5.41, 5.74) is 6.36. The van der Waals surface area contributed by atoms with E-state index >= 15 is 0 Å². The number of esters is 1. The lowest BCUT2D eigenvalue weighted by molar-refractivity contribution is -0.149. The predicted octanol–water partition coefficient (Wildman–Crippen LogP) is 0.875. The minimum atomic E-state index is -0.806. The molecule has 22 heavy (non-hydrogen) atoms. The zero-order valence-electron chi connectivity index (χ0n) is 12.6. The highest BCUT2D eigenvalue weighted by Crippen LogP contribution is 2.07. The predicted molar refractivity (Wildman–Crippen MR) is 85.6 cm³/mol. The summed E-state index contributed by atoms with van der Waals surface area (Å²) in [6.45, 7) is 1.39. The summed E-state index contributed by atoms with van der Waals surface area (Å²) in [4.78, 5) is 34.8. The van der Waals surface area contributed by atoms with Gasteiger partial charge in [-0.05, 0) is 37.5 Å². The molecule has 0 aliphatic heterocycles. The minimum Gasteiger partial charge on any atom is -0.454 e. The summed E-state index contributed by atoms with van der Waals surface area (Å²) < 4.78 is 4.79. The van der Waals surface area contributed by atoms with Crippen LogP contribution in [0.15, 0.2) is 24.3 Å². The lowest BCUT2D eigenvalue weighted by Gasteiger charge is -2.17. The lowest BCUT2D eigenvalue weighted by Crippen LogP contribution is -2.43. The molecule has 0 radical (unpaired) electrons. The number of hydrogen-bond acceptors (Lipinski definition) is 5. The number of ether oxygens (including phenoxy) is 1. The Kier molecular flexibility index (Phi) is 7.45. The van der Waals surface area contributed by atoms with Crippen LogP contribution < -0.4 is 11.1 Å². The van der Waals surface area contributed by atoms with Crippen molar-refractivity contribution in [1.29, 1.82) is 0 Å². The van der Waals surface area contributed by atoms with Gasteiger partial charge in [0.2, 0.25) is 0 Å². The molecule has 3 N–H and O–H groups in total. The highest BCUT2D eigenvalue weighted by atomic mass is 32.2. The van der Waals surface area contributed by atoms with Crippen LogP contribution in [0.2, 0.25) is 0 Å². The summed E-state index contributed by atoms with van der Waals surface area (Å²) >= 11 is 1.55. The third-order valence-electron chi connectivity index (χ3n) is 2.84. The number of primary amides is 1. The zero-order chi connectivity index (χ0) is 16.5. The molecule has 1 atom stereocenters. The highest BCUT2D eigenvalue weighted by molar-refractivity contribution is 7.98. The Hall–Kier alpha value is -2.02. The highest BCUT2D eigenvalue weighted by Gasteiger charge is 2.23. The van der Waals surface area contributed by atoms with Crippen LogP contribution >= 0.6 is 11.8 Å². The number of nitrogens with two attached hydrogens (primary N) is 1. The molecule has 0 unspecified atom stereocenters. The molecule has 6 nitrogen and oxygen atoms in total. The molecule has 0 bridgehead atoms. The SMILES string of the molecule is CSCC[C@H](NC(=O)c1cccc(C)c1)C(=O)OCC(N)=O. The molecular weight excluding hydrogens is 304 g/mol. The molecule has 7 heteroatoms. The zero-order valence-corrected chi connectivity index (χ0v) is 13.4. The van der Waals surface area contributed by atoms with Crippen LogP contribution in [0, 0.1) is 6.92 Å². The summed E-state index contributed by atoms with van der Waals surface area (Å²) in [5.74, 6) is -1.08. The summed E-state index contributed by atoms with van der Waals surface area (Å²) in [6.07, 6.45) is 2.31. The van der Waals surface area contributed by atoms with E-state index in [0.29, 0.717) is 17.7 Å². The van der Waals surface area contributed by atoms with Crippen molar-refractivity contribution in [3.63, 3.8) is 0 Å². The van der Waals surface area contributed by atoms with Crippen LogP contribution in [0.4, 0.5) is 0 Å². The fourth-order valence-corrected chi connectivity index (χ4v) is 2.23. The van der Waals surface area contributed by atoms with E-state index in [1.54, 1.807) is 30.0 Å². The van der Waals surface area contributed by atoms with E-state index < -0.39 is 24.5 Å². The van der Waals surface area contributed by atoms with Gasteiger partial charge in [-0.15, -0.1) is 0 Å². The number of benzene rings is 1. The molecule has 1 aromatic carbocycles. The maximum Gasteiger partial charge on any atom is 0.329 e. The summed E-state index contributed by atoms with van der Waals surface area (Å²) in [7, 11) is 0. The molecule has 0 spiro atoms. The van der Waals surface area contributed by atoms with Crippen molar-refractivity contribution in [3.8, 4) is 0 Å². The second-order valence-electron chi connectivity index (χ2n) is 4.75. The van der Waals surface area contributed by atoms with Gasteiger partial charge in [0.15, 0.2) is 6.61 Å². The number of thioether (sulfide) groups is 1. The van der Waals surface area contributed by atoms with Crippen LogP contribution in [0.5, 0.6) is 0 Å². The Bertz CT molecular complexity index is 548. The van der Waals surface area contributed by atoms with Crippen LogP contribution in [-0.2, 0) is 14.3 Å².